The van der Waals surface area contributed by atoms with Gasteiger partial charge in [-0.3, -0.25) is 9.89 Å². The summed E-state index contributed by atoms with van der Waals surface area (Å²) >= 11 is 0. The summed E-state index contributed by atoms with van der Waals surface area (Å²) in [6.45, 7) is 14.3. The van der Waals surface area contributed by atoms with E-state index < -0.39 is 11.7 Å². The fourth-order valence-electron chi connectivity index (χ4n) is 3.56. The van der Waals surface area contributed by atoms with E-state index in [0.29, 0.717) is 13.1 Å². The summed E-state index contributed by atoms with van der Waals surface area (Å²) in [6, 6.07) is 10.7. The summed E-state index contributed by atoms with van der Waals surface area (Å²) in [5.41, 5.74) is 0.917. The van der Waals surface area contributed by atoms with Crippen LogP contribution in [-0.2, 0) is 11.3 Å². The molecule has 0 bridgehead atoms. The molecular weight excluding hydrogens is 404 g/mol. The number of guanidine groups is 1. The van der Waals surface area contributed by atoms with Gasteiger partial charge in [0.1, 0.15) is 5.60 Å². The van der Waals surface area contributed by atoms with Crippen LogP contribution in [0.2, 0.25) is 0 Å². The molecule has 0 saturated carbocycles. The summed E-state index contributed by atoms with van der Waals surface area (Å²) < 4.78 is 5.22. The molecule has 1 fully saturated rings. The number of benzene rings is 1. The highest BCUT2D eigenvalue weighted by Crippen LogP contribution is 2.09. The van der Waals surface area contributed by atoms with E-state index in [9.17, 15) is 4.79 Å². The fraction of sp³-hybridized carbons (Fsp3) is 0.667. The van der Waals surface area contributed by atoms with Gasteiger partial charge in [0.25, 0.3) is 0 Å². The van der Waals surface area contributed by atoms with Gasteiger partial charge in [0.05, 0.1) is 0 Å². The zero-order chi connectivity index (χ0) is 23.2. The van der Waals surface area contributed by atoms with E-state index in [1.54, 1.807) is 7.05 Å². The van der Waals surface area contributed by atoms with Crippen molar-refractivity contribution in [2.24, 2.45) is 4.99 Å². The molecule has 1 heterocycles. The van der Waals surface area contributed by atoms with Crippen molar-refractivity contribution < 1.29 is 9.53 Å². The van der Waals surface area contributed by atoms with Crippen LogP contribution in [0.3, 0.4) is 0 Å². The molecule has 32 heavy (non-hydrogen) atoms. The minimum absolute atomic E-state index is 0.400. The van der Waals surface area contributed by atoms with Gasteiger partial charge >= 0.3 is 6.09 Å². The van der Waals surface area contributed by atoms with Crippen molar-refractivity contribution in [1.82, 2.24) is 25.8 Å². The highest BCUT2D eigenvalue weighted by Gasteiger charge is 2.17. The molecule has 1 aromatic carbocycles. The van der Waals surface area contributed by atoms with Crippen LogP contribution in [0.25, 0.3) is 0 Å². The van der Waals surface area contributed by atoms with E-state index in [-0.39, 0.29) is 0 Å². The molecule has 3 N–H and O–H groups in total. The molecule has 0 radical (unpaired) electrons. The largest absolute Gasteiger partial charge is 0.444 e. The number of hydrogen-bond donors (Lipinski definition) is 3. The number of alkyl carbamates (subject to hydrolysis) is 1. The van der Waals surface area contributed by atoms with Gasteiger partial charge in [0.2, 0.25) is 0 Å². The minimum atomic E-state index is -0.481. The highest BCUT2D eigenvalue weighted by atomic mass is 16.6. The number of unbranched alkanes of at least 4 members (excludes halogenated alkanes) is 1. The van der Waals surface area contributed by atoms with Crippen LogP contribution >= 0.6 is 0 Å². The van der Waals surface area contributed by atoms with Gasteiger partial charge in [0.15, 0.2) is 5.96 Å². The molecule has 1 aromatic rings. The first-order chi connectivity index (χ1) is 15.4. The van der Waals surface area contributed by atoms with Crippen molar-refractivity contribution in [3.63, 3.8) is 0 Å². The van der Waals surface area contributed by atoms with E-state index >= 15 is 0 Å². The van der Waals surface area contributed by atoms with E-state index in [1.807, 2.05) is 20.8 Å². The Morgan fingerprint density at radius 2 is 1.56 bits per heavy atom. The van der Waals surface area contributed by atoms with Crippen molar-refractivity contribution in [1.29, 1.82) is 0 Å². The van der Waals surface area contributed by atoms with Gasteiger partial charge in [-0.25, -0.2) is 4.79 Å². The average Bonchev–Trinajstić information content (AvgIpc) is 2.75. The van der Waals surface area contributed by atoms with Crippen LogP contribution in [0.15, 0.2) is 35.3 Å². The standard InChI is InChI=1S/C24H42N6O2/c1-24(2,3)32-23(31)28-14-13-27-22(25-4)26-12-8-9-15-29-16-18-30(19-17-29)20-21-10-6-5-7-11-21/h5-7,10-11H,8-9,12-20H2,1-4H3,(H,28,31)(H2,25,26,27). The summed E-state index contributed by atoms with van der Waals surface area (Å²) in [6.07, 6.45) is 1.87. The summed E-state index contributed by atoms with van der Waals surface area (Å²) in [4.78, 5) is 21.0. The third-order valence-electron chi connectivity index (χ3n) is 5.22. The zero-order valence-corrected chi connectivity index (χ0v) is 20.3. The van der Waals surface area contributed by atoms with E-state index in [4.69, 9.17) is 4.74 Å². The van der Waals surface area contributed by atoms with Gasteiger partial charge in [-0.15, -0.1) is 0 Å². The topological polar surface area (TPSA) is 81.2 Å². The Bertz CT molecular complexity index is 681. The maximum atomic E-state index is 11.6. The van der Waals surface area contributed by atoms with Crippen molar-refractivity contribution in [3.8, 4) is 0 Å². The number of nitrogens with zero attached hydrogens (tertiary/aromatic N) is 3. The van der Waals surface area contributed by atoms with E-state index in [2.05, 4.69) is 61.1 Å². The van der Waals surface area contributed by atoms with Crippen LogP contribution in [0.1, 0.15) is 39.2 Å². The van der Waals surface area contributed by atoms with Gasteiger partial charge < -0.3 is 25.6 Å². The second-order valence-electron chi connectivity index (χ2n) is 9.16. The summed E-state index contributed by atoms with van der Waals surface area (Å²) in [5.74, 6) is 0.755. The van der Waals surface area contributed by atoms with Gasteiger partial charge in [-0.1, -0.05) is 30.3 Å². The molecule has 8 heteroatoms. The second-order valence-corrected chi connectivity index (χ2v) is 9.16. The van der Waals surface area contributed by atoms with E-state index in [0.717, 1.165) is 58.2 Å². The van der Waals surface area contributed by atoms with Gasteiger partial charge in [-0.05, 0) is 45.7 Å². The first-order valence-corrected chi connectivity index (χ1v) is 11.8. The number of piperazine rings is 1. The summed E-state index contributed by atoms with van der Waals surface area (Å²) in [5, 5.41) is 9.27. The first-order valence-electron chi connectivity index (χ1n) is 11.8. The van der Waals surface area contributed by atoms with Crippen LogP contribution in [0, 0.1) is 0 Å². The predicted octanol–water partition coefficient (Wildman–Crippen LogP) is 2.27. The van der Waals surface area contributed by atoms with E-state index in [1.165, 1.54) is 12.0 Å². The van der Waals surface area contributed by atoms with Crippen molar-refractivity contribution >= 4 is 12.1 Å². The molecule has 8 nitrogen and oxygen atoms in total. The lowest BCUT2D eigenvalue weighted by Crippen LogP contribution is -2.46. The van der Waals surface area contributed by atoms with Crippen molar-refractivity contribution in [2.45, 2.75) is 45.8 Å². The molecule has 0 aliphatic carbocycles. The number of amides is 1. The molecule has 1 aliphatic rings. The lowest BCUT2D eigenvalue weighted by atomic mass is 10.2. The Morgan fingerprint density at radius 3 is 2.22 bits per heavy atom. The first kappa shape index (κ1) is 25.9. The SMILES string of the molecule is CN=C(NCCCCN1CCN(Cc2ccccc2)CC1)NCCNC(=O)OC(C)(C)C. The fourth-order valence-corrected chi connectivity index (χ4v) is 3.56. The maximum Gasteiger partial charge on any atom is 0.407 e. The average molecular weight is 447 g/mol. The Morgan fingerprint density at radius 1 is 0.938 bits per heavy atom. The second kappa shape index (κ2) is 14.0. The number of rotatable bonds is 10. The quantitative estimate of drug-likeness (QED) is 0.291. The smallest absolute Gasteiger partial charge is 0.407 e. The lowest BCUT2D eigenvalue weighted by Gasteiger charge is -2.34. The molecule has 180 valence electrons. The number of ether oxygens (including phenoxy) is 1. The molecular formula is C24H42N6O2. The molecule has 0 aromatic heterocycles. The minimum Gasteiger partial charge on any atom is -0.444 e. The number of aliphatic imine (C=N–C) groups is 1. The Hall–Kier alpha value is -2.32. The van der Waals surface area contributed by atoms with Crippen LogP contribution in [0.5, 0.6) is 0 Å². The number of carbonyl (C=O) groups is 1. The van der Waals surface area contributed by atoms with Crippen LogP contribution in [-0.4, -0.2) is 86.9 Å². The van der Waals surface area contributed by atoms with Crippen molar-refractivity contribution in [2.75, 3.05) is 59.4 Å². The highest BCUT2D eigenvalue weighted by molar-refractivity contribution is 5.79. The monoisotopic (exact) mass is 446 g/mol. The molecule has 1 amide bonds. The third kappa shape index (κ3) is 11.3. The van der Waals surface area contributed by atoms with Gasteiger partial charge in [-0.2, -0.15) is 0 Å². The third-order valence-corrected chi connectivity index (χ3v) is 5.22. The number of carbonyl (C=O) groups excluding carboxylic acids is 1. The Kier molecular flexibility index (Phi) is 11.3. The van der Waals surface area contributed by atoms with Crippen molar-refractivity contribution in [3.05, 3.63) is 35.9 Å². The summed E-state index contributed by atoms with van der Waals surface area (Å²) in [7, 11) is 1.76. The zero-order valence-electron chi connectivity index (χ0n) is 20.3. The molecule has 0 spiro atoms. The Labute approximate surface area is 193 Å². The van der Waals surface area contributed by atoms with Crippen LogP contribution in [0.4, 0.5) is 4.79 Å². The molecule has 1 saturated heterocycles. The molecule has 0 atom stereocenters. The number of hydrogen-bond acceptors (Lipinski definition) is 5. The number of nitrogens with one attached hydrogen (secondary N) is 3. The van der Waals surface area contributed by atoms with Gasteiger partial charge in [0, 0.05) is 59.4 Å². The predicted molar refractivity (Wildman–Crippen MR) is 131 cm³/mol. The van der Waals surface area contributed by atoms with Crippen LogP contribution < -0.4 is 16.0 Å². The molecule has 1 aliphatic heterocycles. The maximum absolute atomic E-state index is 11.6. The Balaban J connectivity index is 1.48. The lowest BCUT2D eigenvalue weighted by molar-refractivity contribution is 0.0529. The normalized spacial score (nSPS) is 15.9. The molecule has 0 unspecified atom stereocenters. The molecule has 2 rings (SSSR count).